The Hall–Kier alpha value is -2.66. The molecule has 2 aromatic carbocycles. The summed E-state index contributed by atoms with van der Waals surface area (Å²) >= 11 is 0. The second-order valence-electron chi connectivity index (χ2n) is 6.38. The van der Waals surface area contributed by atoms with Gasteiger partial charge in [-0.3, -0.25) is 15.0 Å². The van der Waals surface area contributed by atoms with Crippen LogP contribution in [0.2, 0.25) is 0 Å². The summed E-state index contributed by atoms with van der Waals surface area (Å²) in [5, 5.41) is 2.87. The van der Waals surface area contributed by atoms with Crippen LogP contribution in [-0.2, 0) is 6.54 Å². The van der Waals surface area contributed by atoms with Crippen LogP contribution in [0.15, 0.2) is 54.6 Å². The van der Waals surface area contributed by atoms with E-state index in [0.717, 1.165) is 12.1 Å². The monoisotopic (exact) mass is 337 g/mol. The molecule has 1 fully saturated rings. The Balaban J connectivity index is 1.44. The van der Waals surface area contributed by atoms with Crippen molar-refractivity contribution < 1.29 is 9.59 Å². The van der Waals surface area contributed by atoms with Crippen LogP contribution in [0.5, 0.6) is 0 Å². The number of nitrogens with one attached hydrogen (secondary N) is 3. The predicted octanol–water partition coefficient (Wildman–Crippen LogP) is 2.65. The van der Waals surface area contributed by atoms with Crippen molar-refractivity contribution in [1.29, 1.82) is 0 Å². The molecule has 1 aliphatic carbocycles. The third kappa shape index (κ3) is 4.90. The van der Waals surface area contributed by atoms with Crippen LogP contribution in [0.3, 0.4) is 0 Å². The van der Waals surface area contributed by atoms with E-state index in [1.807, 2.05) is 30.3 Å². The van der Waals surface area contributed by atoms with Crippen molar-refractivity contribution in [1.82, 2.24) is 16.2 Å². The highest BCUT2D eigenvalue weighted by Crippen LogP contribution is 2.24. The summed E-state index contributed by atoms with van der Waals surface area (Å²) in [5.41, 5.74) is 7.91. The zero-order valence-corrected chi connectivity index (χ0v) is 14.1. The molecule has 0 heterocycles. The molecule has 3 N–H and O–H groups in total. The second-order valence-corrected chi connectivity index (χ2v) is 6.38. The van der Waals surface area contributed by atoms with Gasteiger partial charge in [0, 0.05) is 24.2 Å². The van der Waals surface area contributed by atoms with Crippen molar-refractivity contribution in [3.8, 4) is 0 Å². The molecule has 0 unspecified atom stereocenters. The van der Waals surface area contributed by atoms with Crippen molar-refractivity contribution in [2.75, 3.05) is 6.54 Å². The number of hydrogen-bond donors (Lipinski definition) is 3. The fourth-order valence-corrected chi connectivity index (χ4v) is 2.69. The number of carbonyl (C=O) groups excluding carboxylic acids is 2. The third-order valence-electron chi connectivity index (χ3n) is 4.52. The van der Waals surface area contributed by atoms with Crippen LogP contribution in [0.4, 0.5) is 0 Å². The first-order chi connectivity index (χ1) is 12.2. The molecule has 0 saturated heterocycles. The summed E-state index contributed by atoms with van der Waals surface area (Å²) in [5.74, 6) is 0.442. The number of amides is 2. The maximum atomic E-state index is 12.1. The highest BCUT2D eigenvalue weighted by molar-refractivity contribution is 5.94. The van der Waals surface area contributed by atoms with E-state index in [0.29, 0.717) is 23.6 Å². The molecule has 0 atom stereocenters. The van der Waals surface area contributed by atoms with Gasteiger partial charge >= 0.3 is 0 Å². The molecule has 130 valence electrons. The van der Waals surface area contributed by atoms with Gasteiger partial charge in [0.25, 0.3) is 11.8 Å². The van der Waals surface area contributed by atoms with E-state index in [9.17, 15) is 9.59 Å². The summed E-state index contributed by atoms with van der Waals surface area (Å²) in [6.07, 6.45) is 3.78. The van der Waals surface area contributed by atoms with E-state index < -0.39 is 0 Å². The highest BCUT2D eigenvalue weighted by atomic mass is 16.2. The summed E-state index contributed by atoms with van der Waals surface area (Å²) in [4.78, 5) is 24.1. The van der Waals surface area contributed by atoms with Crippen molar-refractivity contribution in [2.45, 2.75) is 25.8 Å². The topological polar surface area (TPSA) is 70.2 Å². The van der Waals surface area contributed by atoms with E-state index in [1.54, 1.807) is 24.3 Å². The zero-order valence-electron chi connectivity index (χ0n) is 14.1. The predicted molar refractivity (Wildman–Crippen MR) is 96.9 cm³/mol. The van der Waals surface area contributed by atoms with E-state index in [2.05, 4.69) is 16.2 Å². The summed E-state index contributed by atoms with van der Waals surface area (Å²) in [6.45, 7) is 1.25. The fraction of sp³-hybridized carbons (Fsp3) is 0.300. The van der Waals surface area contributed by atoms with Crippen molar-refractivity contribution in [3.05, 3.63) is 71.3 Å². The van der Waals surface area contributed by atoms with Gasteiger partial charge in [0.2, 0.25) is 0 Å². The van der Waals surface area contributed by atoms with Crippen LogP contribution in [-0.4, -0.2) is 18.4 Å². The number of hydrogen-bond acceptors (Lipinski definition) is 3. The van der Waals surface area contributed by atoms with Gasteiger partial charge in [-0.2, -0.15) is 0 Å². The van der Waals surface area contributed by atoms with E-state index in [4.69, 9.17) is 0 Å². The Labute approximate surface area is 147 Å². The number of rotatable bonds is 7. The first-order valence-electron chi connectivity index (χ1n) is 8.68. The van der Waals surface area contributed by atoms with Crippen molar-refractivity contribution in [2.24, 2.45) is 5.92 Å². The van der Waals surface area contributed by atoms with E-state index in [1.165, 1.54) is 19.3 Å². The minimum Gasteiger partial charge on any atom is -0.348 e. The molecule has 25 heavy (non-hydrogen) atoms. The zero-order chi connectivity index (χ0) is 17.5. The smallest absolute Gasteiger partial charge is 0.265 e. The Morgan fingerprint density at radius 2 is 1.56 bits per heavy atom. The minimum absolute atomic E-state index is 0.109. The lowest BCUT2D eigenvalue weighted by Gasteiger charge is -2.25. The standard InChI is InChI=1S/C20H23N3O2/c24-19(17-7-2-1-3-8-17)21-13-16-9-11-18(12-10-16)20(25)23-22-14-15-5-4-6-15/h1-3,7-12,15,22H,4-6,13-14H2,(H,21,24)(H,23,25). The number of hydrazine groups is 1. The molecule has 0 spiro atoms. The van der Waals surface area contributed by atoms with Gasteiger partial charge in [-0.25, -0.2) is 5.43 Å². The molecule has 0 bridgehead atoms. The van der Waals surface area contributed by atoms with Gasteiger partial charge in [-0.1, -0.05) is 36.8 Å². The van der Waals surface area contributed by atoms with E-state index in [-0.39, 0.29) is 11.8 Å². The molecule has 0 aliphatic heterocycles. The first-order valence-corrected chi connectivity index (χ1v) is 8.68. The largest absolute Gasteiger partial charge is 0.348 e. The molecular formula is C20H23N3O2. The Kier molecular flexibility index (Phi) is 5.80. The maximum Gasteiger partial charge on any atom is 0.265 e. The first kappa shape index (κ1) is 17.2. The highest BCUT2D eigenvalue weighted by Gasteiger charge is 2.17. The van der Waals surface area contributed by atoms with Gasteiger partial charge < -0.3 is 5.32 Å². The molecule has 5 heteroatoms. The summed E-state index contributed by atoms with van der Waals surface area (Å²) in [7, 11) is 0. The van der Waals surface area contributed by atoms with Crippen LogP contribution in [0.25, 0.3) is 0 Å². The van der Waals surface area contributed by atoms with Crippen LogP contribution < -0.4 is 16.2 Å². The molecule has 0 aromatic heterocycles. The Bertz CT molecular complexity index is 709. The summed E-state index contributed by atoms with van der Waals surface area (Å²) < 4.78 is 0. The van der Waals surface area contributed by atoms with Crippen LogP contribution in [0, 0.1) is 5.92 Å². The fourth-order valence-electron chi connectivity index (χ4n) is 2.69. The molecule has 1 saturated carbocycles. The minimum atomic E-state index is -0.140. The molecule has 0 radical (unpaired) electrons. The molecular weight excluding hydrogens is 314 g/mol. The van der Waals surface area contributed by atoms with Crippen molar-refractivity contribution in [3.63, 3.8) is 0 Å². The van der Waals surface area contributed by atoms with Gasteiger partial charge in [-0.15, -0.1) is 0 Å². The van der Waals surface area contributed by atoms with Gasteiger partial charge in [0.15, 0.2) is 0 Å². The van der Waals surface area contributed by atoms with Crippen LogP contribution >= 0.6 is 0 Å². The quantitative estimate of drug-likeness (QED) is 0.680. The van der Waals surface area contributed by atoms with E-state index >= 15 is 0 Å². The summed E-state index contributed by atoms with van der Waals surface area (Å²) in [6, 6.07) is 16.3. The maximum absolute atomic E-state index is 12.1. The molecule has 3 rings (SSSR count). The lowest BCUT2D eigenvalue weighted by atomic mass is 9.86. The SMILES string of the molecule is O=C(NCc1ccc(C(=O)NNCC2CCC2)cc1)c1ccccc1. The third-order valence-corrected chi connectivity index (χ3v) is 4.52. The van der Waals surface area contributed by atoms with Crippen molar-refractivity contribution >= 4 is 11.8 Å². The van der Waals surface area contributed by atoms with Gasteiger partial charge in [-0.05, 0) is 48.6 Å². The average molecular weight is 337 g/mol. The Morgan fingerprint density at radius 3 is 2.20 bits per heavy atom. The lowest BCUT2D eigenvalue weighted by molar-refractivity contribution is 0.0923. The molecule has 5 nitrogen and oxygen atoms in total. The van der Waals surface area contributed by atoms with Gasteiger partial charge in [0.05, 0.1) is 0 Å². The normalized spacial score (nSPS) is 13.8. The lowest BCUT2D eigenvalue weighted by Crippen LogP contribution is -2.41. The number of carbonyl (C=O) groups is 2. The van der Waals surface area contributed by atoms with Crippen LogP contribution in [0.1, 0.15) is 45.5 Å². The Morgan fingerprint density at radius 1 is 0.880 bits per heavy atom. The van der Waals surface area contributed by atoms with Gasteiger partial charge in [0.1, 0.15) is 0 Å². The number of benzene rings is 2. The molecule has 2 aromatic rings. The molecule has 2 amide bonds. The second kappa shape index (κ2) is 8.44. The average Bonchev–Trinajstić information content (AvgIpc) is 2.62. The molecule has 1 aliphatic rings.